The molecule has 134 valence electrons. The molecule has 7 nitrogen and oxygen atoms in total. The topological polar surface area (TPSA) is 90.9 Å². The zero-order chi connectivity index (χ0) is 17.8. The molecule has 0 fully saturated rings. The van der Waals surface area contributed by atoms with E-state index in [1.54, 1.807) is 7.11 Å². The maximum Gasteiger partial charge on any atom is 0.239 e. The molecular formula is C17H27N3O4. The van der Waals surface area contributed by atoms with Crippen molar-refractivity contribution in [1.82, 2.24) is 15.9 Å². The zero-order valence-corrected chi connectivity index (χ0v) is 14.3. The third kappa shape index (κ3) is 7.43. The Bertz CT molecular complexity index is 493. The second-order valence-electron chi connectivity index (χ2n) is 5.61. The lowest BCUT2D eigenvalue weighted by atomic mass is 10.0. The predicted molar refractivity (Wildman–Crippen MR) is 90.2 cm³/mol. The number of nitrogens with zero attached hydrogens (tertiary/aromatic N) is 1. The first-order valence-electron chi connectivity index (χ1n) is 8.17. The van der Waals surface area contributed by atoms with Gasteiger partial charge in [0, 0.05) is 6.54 Å². The number of unbranched alkanes of at least 4 members (excludes halogenated alkanes) is 2. The van der Waals surface area contributed by atoms with Crippen LogP contribution in [0, 0.1) is 5.92 Å². The van der Waals surface area contributed by atoms with Crippen LogP contribution in [-0.4, -0.2) is 36.2 Å². The predicted octanol–water partition coefficient (Wildman–Crippen LogP) is 1.86. The van der Waals surface area contributed by atoms with E-state index in [-0.39, 0.29) is 12.5 Å². The van der Waals surface area contributed by atoms with Crippen LogP contribution in [0.25, 0.3) is 0 Å². The van der Waals surface area contributed by atoms with Gasteiger partial charge in [0.25, 0.3) is 0 Å². The van der Waals surface area contributed by atoms with E-state index in [1.807, 2.05) is 24.3 Å². The van der Waals surface area contributed by atoms with Gasteiger partial charge in [-0.1, -0.05) is 38.3 Å². The van der Waals surface area contributed by atoms with E-state index in [9.17, 15) is 14.8 Å². The third-order valence-electron chi connectivity index (χ3n) is 3.72. The number of amides is 2. The first-order chi connectivity index (χ1) is 11.6. The lowest BCUT2D eigenvalue weighted by molar-refractivity contribution is -0.154. The van der Waals surface area contributed by atoms with Gasteiger partial charge in [-0.15, -0.1) is 0 Å². The van der Waals surface area contributed by atoms with E-state index >= 15 is 0 Å². The van der Waals surface area contributed by atoms with E-state index in [4.69, 9.17) is 4.74 Å². The molecule has 7 heteroatoms. The van der Waals surface area contributed by atoms with Crippen LogP contribution >= 0.6 is 0 Å². The van der Waals surface area contributed by atoms with Crippen molar-refractivity contribution >= 4 is 12.3 Å². The molecule has 0 bridgehead atoms. The van der Waals surface area contributed by atoms with Crippen molar-refractivity contribution in [2.75, 3.05) is 13.7 Å². The maximum atomic E-state index is 12.2. The van der Waals surface area contributed by atoms with Crippen molar-refractivity contribution in [3.63, 3.8) is 0 Å². The maximum absolute atomic E-state index is 12.2. The van der Waals surface area contributed by atoms with E-state index in [1.165, 1.54) is 0 Å². The van der Waals surface area contributed by atoms with Crippen LogP contribution in [0.5, 0.6) is 5.75 Å². The van der Waals surface area contributed by atoms with Crippen LogP contribution in [0.1, 0.15) is 38.2 Å². The van der Waals surface area contributed by atoms with Gasteiger partial charge < -0.3 is 4.74 Å². The first kappa shape index (κ1) is 19.9. The number of nitrogens with one attached hydrogen (secondary N) is 2. The van der Waals surface area contributed by atoms with Crippen molar-refractivity contribution in [2.45, 2.75) is 39.2 Å². The summed E-state index contributed by atoms with van der Waals surface area (Å²) in [5.41, 5.74) is 6.51. The highest BCUT2D eigenvalue weighted by atomic mass is 16.5. The van der Waals surface area contributed by atoms with Crippen LogP contribution < -0.4 is 15.6 Å². The van der Waals surface area contributed by atoms with Crippen molar-refractivity contribution in [1.29, 1.82) is 0 Å². The third-order valence-corrected chi connectivity index (χ3v) is 3.72. The number of hydrogen-bond acceptors (Lipinski definition) is 5. The van der Waals surface area contributed by atoms with Crippen LogP contribution in [0.4, 0.5) is 0 Å². The lowest BCUT2D eigenvalue weighted by Gasteiger charge is -2.19. The molecule has 0 spiro atoms. The highest BCUT2D eigenvalue weighted by Gasteiger charge is 2.20. The highest BCUT2D eigenvalue weighted by molar-refractivity contribution is 5.78. The number of ether oxygens (including phenoxy) is 1. The Morgan fingerprint density at radius 3 is 2.62 bits per heavy atom. The Morgan fingerprint density at radius 1 is 1.33 bits per heavy atom. The smallest absolute Gasteiger partial charge is 0.239 e. The summed E-state index contributed by atoms with van der Waals surface area (Å²) < 4.78 is 5.09. The van der Waals surface area contributed by atoms with Gasteiger partial charge in [0.2, 0.25) is 12.3 Å². The molecule has 0 aromatic heterocycles. The average molecular weight is 337 g/mol. The van der Waals surface area contributed by atoms with Crippen molar-refractivity contribution in [3.8, 4) is 5.75 Å². The first-order valence-corrected chi connectivity index (χ1v) is 8.17. The minimum atomic E-state index is -0.449. The largest absolute Gasteiger partial charge is 0.497 e. The fourth-order valence-corrected chi connectivity index (χ4v) is 2.29. The highest BCUT2D eigenvalue weighted by Crippen LogP contribution is 2.12. The summed E-state index contributed by atoms with van der Waals surface area (Å²) in [5.74, 6) is 0.0892. The molecule has 0 aliphatic carbocycles. The van der Waals surface area contributed by atoms with Gasteiger partial charge in [0.1, 0.15) is 5.75 Å². The molecule has 0 radical (unpaired) electrons. The summed E-state index contributed by atoms with van der Waals surface area (Å²) in [6.45, 7) is 2.53. The van der Waals surface area contributed by atoms with Gasteiger partial charge in [-0.3, -0.25) is 20.2 Å². The van der Waals surface area contributed by atoms with Crippen LogP contribution in [-0.2, 0) is 16.1 Å². The Labute approximate surface area is 142 Å². The van der Waals surface area contributed by atoms with E-state index < -0.39 is 5.92 Å². The van der Waals surface area contributed by atoms with E-state index in [0.717, 1.165) is 30.6 Å². The molecule has 2 amide bonds. The van der Waals surface area contributed by atoms with Crippen molar-refractivity contribution in [2.24, 2.45) is 5.92 Å². The average Bonchev–Trinajstić information content (AvgIpc) is 2.61. The molecule has 3 N–H and O–H groups in total. The molecule has 0 saturated carbocycles. The van der Waals surface area contributed by atoms with Gasteiger partial charge in [0.05, 0.1) is 19.6 Å². The van der Waals surface area contributed by atoms with Gasteiger partial charge in [-0.2, -0.15) is 0 Å². The second-order valence-corrected chi connectivity index (χ2v) is 5.61. The minimum absolute atomic E-state index is 0.0107. The minimum Gasteiger partial charge on any atom is -0.497 e. The summed E-state index contributed by atoms with van der Waals surface area (Å²) in [4.78, 5) is 22.8. The lowest BCUT2D eigenvalue weighted by Crippen LogP contribution is -2.44. The Balaban J connectivity index is 2.45. The molecule has 0 saturated heterocycles. The number of carbonyl (C=O) groups is 2. The van der Waals surface area contributed by atoms with Gasteiger partial charge in [-0.25, -0.2) is 10.5 Å². The SMILES string of the molecule is CCCCCC(CN(O)C=O)C(=O)NNCc1ccc(OC)cc1. The molecule has 0 aliphatic heterocycles. The fourth-order valence-electron chi connectivity index (χ4n) is 2.29. The number of hydrazine groups is 1. The van der Waals surface area contributed by atoms with E-state index in [0.29, 0.717) is 24.4 Å². The quantitative estimate of drug-likeness (QED) is 0.234. The van der Waals surface area contributed by atoms with Gasteiger partial charge in [0.15, 0.2) is 0 Å². The molecular weight excluding hydrogens is 310 g/mol. The van der Waals surface area contributed by atoms with Crippen LogP contribution in [0.3, 0.4) is 0 Å². The number of benzene rings is 1. The summed E-state index contributed by atoms with van der Waals surface area (Å²) in [6.07, 6.45) is 3.86. The number of carbonyl (C=O) groups excluding carboxylic acids is 2. The molecule has 1 rings (SSSR count). The summed E-state index contributed by atoms with van der Waals surface area (Å²) in [5, 5.41) is 9.85. The molecule has 24 heavy (non-hydrogen) atoms. The normalized spacial score (nSPS) is 11.6. The van der Waals surface area contributed by atoms with Crippen LogP contribution in [0.2, 0.25) is 0 Å². The monoisotopic (exact) mass is 337 g/mol. The molecule has 0 aliphatic rings. The summed E-state index contributed by atoms with van der Waals surface area (Å²) >= 11 is 0. The fraction of sp³-hybridized carbons (Fsp3) is 0.529. The summed E-state index contributed by atoms with van der Waals surface area (Å²) in [7, 11) is 1.61. The number of hydroxylamine groups is 2. The van der Waals surface area contributed by atoms with E-state index in [2.05, 4.69) is 17.8 Å². The Hall–Kier alpha value is -2.12. The van der Waals surface area contributed by atoms with Crippen LogP contribution in [0.15, 0.2) is 24.3 Å². The Kier molecular flexibility index (Phi) is 9.48. The molecule has 1 unspecified atom stereocenters. The van der Waals surface area contributed by atoms with Gasteiger partial charge in [-0.05, 0) is 24.1 Å². The second kappa shape index (κ2) is 11.4. The number of methoxy groups -OCH3 is 1. The molecule has 0 heterocycles. The summed E-state index contributed by atoms with van der Waals surface area (Å²) in [6, 6.07) is 7.50. The number of rotatable bonds is 12. The zero-order valence-electron chi connectivity index (χ0n) is 14.3. The van der Waals surface area contributed by atoms with Gasteiger partial charge >= 0.3 is 0 Å². The number of hydrogen-bond donors (Lipinski definition) is 3. The van der Waals surface area contributed by atoms with Crippen molar-refractivity contribution < 1.29 is 19.5 Å². The standard InChI is InChI=1S/C17H27N3O4/c1-3-4-5-6-15(12-20(23)13-21)17(22)19-18-11-14-7-9-16(24-2)10-8-14/h7-10,13,15,18,23H,3-6,11-12H2,1-2H3,(H,19,22). The molecule has 1 atom stereocenters. The van der Waals surface area contributed by atoms with Crippen molar-refractivity contribution in [3.05, 3.63) is 29.8 Å². The Morgan fingerprint density at radius 2 is 2.04 bits per heavy atom. The molecule has 1 aromatic rings. The molecule has 1 aromatic carbocycles.